The van der Waals surface area contributed by atoms with Crippen molar-refractivity contribution in [2.45, 2.75) is 31.5 Å². The van der Waals surface area contributed by atoms with E-state index in [1.54, 1.807) is 37.3 Å². The Kier molecular flexibility index (Phi) is 7.86. The van der Waals surface area contributed by atoms with E-state index in [0.717, 1.165) is 0 Å². The summed E-state index contributed by atoms with van der Waals surface area (Å²) in [5.41, 5.74) is 9.35. The molecular weight excluding hydrogens is 304 g/mol. The molecule has 1 aromatic carbocycles. The molecule has 0 heterocycles. The van der Waals surface area contributed by atoms with E-state index in [2.05, 4.69) is 0 Å². The molecule has 0 aliphatic carbocycles. The zero-order chi connectivity index (χ0) is 16.8. The van der Waals surface area contributed by atoms with Gasteiger partial charge >= 0.3 is 11.9 Å². The lowest BCUT2D eigenvalue weighted by atomic mass is 9.86. The van der Waals surface area contributed by atoms with Crippen LogP contribution in [-0.4, -0.2) is 40.0 Å². The number of carboxylic acids is 1. The summed E-state index contributed by atoms with van der Waals surface area (Å²) in [5.74, 6) is -1.35. The van der Waals surface area contributed by atoms with Crippen LogP contribution in [0.1, 0.15) is 18.9 Å². The maximum Gasteiger partial charge on any atom is 0.340 e. The lowest BCUT2D eigenvalue weighted by molar-refractivity contribution is -0.162. The zero-order valence-electron chi connectivity index (χ0n) is 12.6. The van der Waals surface area contributed by atoms with E-state index in [0.29, 0.717) is 5.56 Å². The number of aliphatic carboxylic acids is 1. The van der Waals surface area contributed by atoms with Gasteiger partial charge in [0, 0.05) is 5.57 Å². The second-order valence-corrected chi connectivity index (χ2v) is 4.69. The Balaban J connectivity index is 0.00000484. The number of esters is 1. The van der Waals surface area contributed by atoms with Crippen LogP contribution in [0.2, 0.25) is 0 Å². The number of rotatable bonds is 7. The van der Waals surface area contributed by atoms with Crippen LogP contribution >= 0.6 is 0 Å². The standard InChI is InChI=1S/C15H18N2O5.H2O/c1-2-11(8-18)12(16)15(17,13(19)20)14(21)22-9-10-6-4-3-5-7-10;/h3-7,12H,2,9,16-17H2,1H3,(H,19,20);1H2. The minimum atomic E-state index is -2.54. The molecule has 0 aliphatic rings. The smallest absolute Gasteiger partial charge is 0.340 e. The van der Waals surface area contributed by atoms with Crippen molar-refractivity contribution in [3.63, 3.8) is 0 Å². The normalized spacial score (nSPS) is 13.7. The molecule has 2 unspecified atom stereocenters. The van der Waals surface area contributed by atoms with E-state index < -0.39 is 23.5 Å². The predicted molar refractivity (Wildman–Crippen MR) is 81.9 cm³/mol. The number of carbonyl (C=O) groups is 2. The second kappa shape index (κ2) is 8.82. The van der Waals surface area contributed by atoms with Crippen molar-refractivity contribution in [2.75, 3.05) is 0 Å². The third kappa shape index (κ3) is 4.48. The van der Waals surface area contributed by atoms with Crippen LogP contribution in [0.3, 0.4) is 0 Å². The molecular formula is C15H20N2O6. The van der Waals surface area contributed by atoms with Gasteiger partial charge in [-0.1, -0.05) is 37.3 Å². The first-order valence-corrected chi connectivity index (χ1v) is 6.60. The molecule has 0 amide bonds. The van der Waals surface area contributed by atoms with E-state index in [-0.39, 0.29) is 24.1 Å². The molecule has 8 nitrogen and oxygen atoms in total. The first-order valence-electron chi connectivity index (χ1n) is 6.60. The molecule has 1 rings (SSSR count). The van der Waals surface area contributed by atoms with Gasteiger partial charge in [-0.05, 0) is 12.0 Å². The number of nitrogens with two attached hydrogens (primary N) is 2. The molecule has 0 aromatic heterocycles. The van der Waals surface area contributed by atoms with Gasteiger partial charge in [0.25, 0.3) is 0 Å². The maximum absolute atomic E-state index is 12.1. The highest BCUT2D eigenvalue weighted by Gasteiger charge is 2.51. The van der Waals surface area contributed by atoms with Crippen LogP contribution in [-0.2, 0) is 25.7 Å². The van der Waals surface area contributed by atoms with Crippen LogP contribution in [0, 0.1) is 0 Å². The van der Waals surface area contributed by atoms with E-state index in [1.165, 1.54) is 5.94 Å². The molecule has 7 N–H and O–H groups in total. The van der Waals surface area contributed by atoms with E-state index in [1.807, 2.05) is 0 Å². The fraction of sp³-hybridized carbons (Fsp3) is 0.333. The van der Waals surface area contributed by atoms with E-state index in [4.69, 9.17) is 16.2 Å². The minimum Gasteiger partial charge on any atom is -0.479 e. The molecule has 126 valence electrons. The third-order valence-corrected chi connectivity index (χ3v) is 3.28. The summed E-state index contributed by atoms with van der Waals surface area (Å²) in [4.78, 5) is 34.3. The van der Waals surface area contributed by atoms with Crippen molar-refractivity contribution in [3.05, 3.63) is 41.5 Å². The Bertz CT molecular complexity index is 597. The highest BCUT2D eigenvalue weighted by molar-refractivity contribution is 6.05. The third-order valence-electron chi connectivity index (χ3n) is 3.28. The molecule has 1 aromatic rings. The number of hydrogen-bond acceptors (Lipinski definition) is 6. The lowest BCUT2D eigenvalue weighted by Gasteiger charge is -2.28. The van der Waals surface area contributed by atoms with Crippen molar-refractivity contribution >= 4 is 17.9 Å². The maximum atomic E-state index is 12.1. The van der Waals surface area contributed by atoms with Gasteiger partial charge in [0.1, 0.15) is 12.5 Å². The topological polar surface area (TPSA) is 164 Å². The Hall–Kier alpha value is -2.51. The molecule has 0 saturated heterocycles. The molecule has 23 heavy (non-hydrogen) atoms. The van der Waals surface area contributed by atoms with Crippen LogP contribution < -0.4 is 11.5 Å². The summed E-state index contributed by atoms with van der Waals surface area (Å²) in [6.45, 7) is 1.43. The van der Waals surface area contributed by atoms with Crippen LogP contribution in [0.15, 0.2) is 35.9 Å². The van der Waals surface area contributed by atoms with Crippen LogP contribution in [0.5, 0.6) is 0 Å². The number of ether oxygens (including phenoxy) is 1. The first-order chi connectivity index (χ1) is 10.4. The second-order valence-electron chi connectivity index (χ2n) is 4.69. The SMILES string of the molecule is CCC(=C=O)C(N)C(N)(C(=O)O)C(=O)OCc1ccccc1.O. The minimum absolute atomic E-state index is 0. The Morgan fingerprint density at radius 2 is 1.91 bits per heavy atom. The molecule has 0 spiro atoms. The number of carboxylic acid groups (broad SMARTS) is 1. The Morgan fingerprint density at radius 1 is 1.35 bits per heavy atom. The van der Waals surface area contributed by atoms with Gasteiger partial charge in [-0.15, -0.1) is 0 Å². The highest BCUT2D eigenvalue weighted by Crippen LogP contribution is 2.17. The average Bonchev–Trinajstić information content (AvgIpc) is 2.53. The van der Waals surface area contributed by atoms with Crippen molar-refractivity contribution in [2.24, 2.45) is 11.5 Å². The molecule has 0 bridgehead atoms. The quantitative estimate of drug-likeness (QED) is 0.335. The summed E-state index contributed by atoms with van der Waals surface area (Å²) in [6.07, 6.45) is 0.128. The summed E-state index contributed by atoms with van der Waals surface area (Å²) < 4.78 is 4.95. The summed E-state index contributed by atoms with van der Waals surface area (Å²) >= 11 is 0. The monoisotopic (exact) mass is 324 g/mol. The lowest BCUT2D eigenvalue weighted by Crippen LogP contribution is -2.67. The van der Waals surface area contributed by atoms with Crippen LogP contribution in [0.4, 0.5) is 0 Å². The van der Waals surface area contributed by atoms with Gasteiger partial charge in [0.05, 0.1) is 6.04 Å². The zero-order valence-corrected chi connectivity index (χ0v) is 12.6. The number of benzene rings is 1. The van der Waals surface area contributed by atoms with Crippen molar-refractivity contribution < 1.29 is 29.7 Å². The number of hydrogen-bond donors (Lipinski definition) is 3. The number of carbonyl (C=O) groups excluding carboxylic acids is 2. The largest absolute Gasteiger partial charge is 0.479 e. The molecule has 2 atom stereocenters. The fourth-order valence-corrected chi connectivity index (χ4v) is 1.82. The van der Waals surface area contributed by atoms with Crippen molar-refractivity contribution in [1.29, 1.82) is 0 Å². The molecule has 0 fully saturated rings. The summed E-state index contributed by atoms with van der Waals surface area (Å²) in [5, 5.41) is 9.26. The van der Waals surface area contributed by atoms with Crippen molar-refractivity contribution in [3.8, 4) is 0 Å². The van der Waals surface area contributed by atoms with Crippen LogP contribution in [0.25, 0.3) is 0 Å². The Morgan fingerprint density at radius 3 is 2.35 bits per heavy atom. The summed E-state index contributed by atoms with van der Waals surface area (Å²) in [7, 11) is 0. The molecule has 0 aliphatic heterocycles. The Labute approximate surface area is 133 Å². The molecule has 8 heteroatoms. The first kappa shape index (κ1) is 20.5. The van der Waals surface area contributed by atoms with Gasteiger partial charge in [-0.3, -0.25) is 0 Å². The molecule has 0 saturated carbocycles. The van der Waals surface area contributed by atoms with Crippen molar-refractivity contribution in [1.82, 2.24) is 0 Å². The van der Waals surface area contributed by atoms with Gasteiger partial charge in [0.15, 0.2) is 0 Å². The molecule has 0 radical (unpaired) electrons. The predicted octanol–water partition coefficient (Wildman–Crippen LogP) is -0.817. The summed E-state index contributed by atoms with van der Waals surface area (Å²) in [6, 6.07) is 7.16. The van der Waals surface area contributed by atoms with E-state index >= 15 is 0 Å². The van der Waals surface area contributed by atoms with Gasteiger partial charge in [-0.25, -0.2) is 14.4 Å². The average molecular weight is 324 g/mol. The fourth-order valence-electron chi connectivity index (χ4n) is 1.82. The van der Waals surface area contributed by atoms with Gasteiger partial charge in [-0.2, -0.15) is 0 Å². The highest BCUT2D eigenvalue weighted by atomic mass is 16.5. The van der Waals surface area contributed by atoms with E-state index in [9.17, 15) is 19.5 Å². The van der Waals surface area contributed by atoms with Gasteiger partial charge in [0.2, 0.25) is 5.54 Å². The van der Waals surface area contributed by atoms with Gasteiger partial charge < -0.3 is 26.8 Å².